The summed E-state index contributed by atoms with van der Waals surface area (Å²) in [6.07, 6.45) is 7.06. The van der Waals surface area contributed by atoms with Gasteiger partial charge in [0.25, 0.3) is 0 Å². The Labute approximate surface area is 119 Å². The molecule has 6 heteroatoms. The Morgan fingerprint density at radius 3 is 2.90 bits per heavy atom. The van der Waals surface area contributed by atoms with Gasteiger partial charge in [-0.25, -0.2) is 0 Å². The highest BCUT2D eigenvalue weighted by Gasteiger charge is 2.21. The second-order valence-corrected chi connectivity index (χ2v) is 5.36. The molecule has 0 bridgehead atoms. The van der Waals surface area contributed by atoms with Gasteiger partial charge in [-0.05, 0) is 24.8 Å². The number of carbonyl (C=O) groups excluding carboxylic acids is 2. The standard InChI is InChI=1S/C14H22N4O2/c1-16(8-6-12-9-15-17(2)10-12)14(20)11-18-7-4-3-5-13(18)19/h9-10H,3-8,11H2,1-2H3. The first-order valence-electron chi connectivity index (χ1n) is 7.05. The lowest BCUT2D eigenvalue weighted by Crippen LogP contribution is -2.44. The molecule has 1 aromatic rings. The van der Waals surface area contributed by atoms with Crippen LogP contribution < -0.4 is 0 Å². The van der Waals surface area contributed by atoms with Crippen LogP contribution in [0.1, 0.15) is 24.8 Å². The zero-order valence-electron chi connectivity index (χ0n) is 12.2. The molecule has 1 fully saturated rings. The topological polar surface area (TPSA) is 58.4 Å². The fourth-order valence-electron chi connectivity index (χ4n) is 2.34. The third-order valence-electron chi connectivity index (χ3n) is 3.67. The first-order valence-corrected chi connectivity index (χ1v) is 7.05. The number of carbonyl (C=O) groups is 2. The van der Waals surface area contributed by atoms with Crippen LogP contribution in [0.5, 0.6) is 0 Å². The monoisotopic (exact) mass is 278 g/mol. The van der Waals surface area contributed by atoms with Crippen molar-refractivity contribution < 1.29 is 9.59 Å². The van der Waals surface area contributed by atoms with E-state index >= 15 is 0 Å². The van der Waals surface area contributed by atoms with E-state index in [-0.39, 0.29) is 18.4 Å². The molecule has 0 saturated carbocycles. The number of rotatable bonds is 5. The van der Waals surface area contributed by atoms with Gasteiger partial charge in [-0.2, -0.15) is 5.10 Å². The zero-order valence-corrected chi connectivity index (χ0v) is 12.2. The smallest absolute Gasteiger partial charge is 0.241 e. The Morgan fingerprint density at radius 1 is 1.45 bits per heavy atom. The molecule has 6 nitrogen and oxygen atoms in total. The van der Waals surface area contributed by atoms with Gasteiger partial charge in [0, 0.05) is 39.8 Å². The summed E-state index contributed by atoms with van der Waals surface area (Å²) in [5.41, 5.74) is 1.11. The number of nitrogens with zero attached hydrogens (tertiary/aromatic N) is 4. The summed E-state index contributed by atoms with van der Waals surface area (Å²) in [7, 11) is 3.66. The van der Waals surface area contributed by atoms with Crippen molar-refractivity contribution >= 4 is 11.8 Å². The predicted molar refractivity (Wildman–Crippen MR) is 75.0 cm³/mol. The van der Waals surface area contributed by atoms with Crippen molar-refractivity contribution in [2.45, 2.75) is 25.7 Å². The number of aryl methyl sites for hydroxylation is 1. The summed E-state index contributed by atoms with van der Waals surface area (Å²) < 4.78 is 1.75. The third kappa shape index (κ3) is 3.82. The lowest BCUT2D eigenvalue weighted by atomic mass is 10.1. The van der Waals surface area contributed by atoms with E-state index in [1.54, 1.807) is 21.5 Å². The molecule has 2 heterocycles. The second-order valence-electron chi connectivity index (χ2n) is 5.36. The second kappa shape index (κ2) is 6.54. The lowest BCUT2D eigenvalue weighted by Gasteiger charge is -2.28. The third-order valence-corrected chi connectivity index (χ3v) is 3.67. The van der Waals surface area contributed by atoms with Crippen molar-refractivity contribution in [3.63, 3.8) is 0 Å². The van der Waals surface area contributed by atoms with E-state index in [4.69, 9.17) is 0 Å². The number of amides is 2. The van der Waals surface area contributed by atoms with E-state index in [9.17, 15) is 9.59 Å². The Kier molecular flexibility index (Phi) is 4.76. The molecule has 1 saturated heterocycles. The summed E-state index contributed by atoms with van der Waals surface area (Å²) in [5.74, 6) is 0.106. The van der Waals surface area contributed by atoms with Crippen molar-refractivity contribution in [2.75, 3.05) is 26.7 Å². The molecule has 20 heavy (non-hydrogen) atoms. The van der Waals surface area contributed by atoms with Crippen LogP contribution in [0.25, 0.3) is 0 Å². The zero-order chi connectivity index (χ0) is 14.5. The lowest BCUT2D eigenvalue weighted by molar-refractivity contribution is -0.141. The maximum absolute atomic E-state index is 12.1. The molecule has 0 aliphatic carbocycles. The SMILES string of the molecule is CN(CCc1cnn(C)c1)C(=O)CN1CCCCC1=O. The first kappa shape index (κ1) is 14.6. The minimum absolute atomic E-state index is 0.00383. The van der Waals surface area contributed by atoms with Gasteiger partial charge in [0.15, 0.2) is 0 Å². The number of aromatic nitrogens is 2. The molecule has 0 radical (unpaired) electrons. The highest BCUT2D eigenvalue weighted by molar-refractivity contribution is 5.85. The van der Waals surface area contributed by atoms with Gasteiger partial charge < -0.3 is 9.80 Å². The van der Waals surface area contributed by atoms with Gasteiger partial charge in [-0.3, -0.25) is 14.3 Å². The van der Waals surface area contributed by atoms with E-state index in [0.717, 1.165) is 24.8 Å². The fourth-order valence-corrected chi connectivity index (χ4v) is 2.34. The predicted octanol–water partition coefficient (Wildman–Crippen LogP) is 0.433. The van der Waals surface area contributed by atoms with Gasteiger partial charge >= 0.3 is 0 Å². The van der Waals surface area contributed by atoms with E-state index in [2.05, 4.69) is 5.10 Å². The molecule has 0 spiro atoms. The van der Waals surface area contributed by atoms with Crippen LogP contribution in [0.3, 0.4) is 0 Å². The highest BCUT2D eigenvalue weighted by Crippen LogP contribution is 2.10. The van der Waals surface area contributed by atoms with Gasteiger partial charge in [0.2, 0.25) is 11.8 Å². The molecule has 0 unspecified atom stereocenters. The summed E-state index contributed by atoms with van der Waals surface area (Å²) in [6.45, 7) is 1.57. The fraction of sp³-hybridized carbons (Fsp3) is 0.643. The number of hydrogen-bond donors (Lipinski definition) is 0. The molecule has 1 aromatic heterocycles. The molecule has 2 rings (SSSR count). The van der Waals surface area contributed by atoms with Crippen LogP contribution in [0.2, 0.25) is 0 Å². The average molecular weight is 278 g/mol. The van der Waals surface area contributed by atoms with Crippen LogP contribution >= 0.6 is 0 Å². The molecule has 2 amide bonds. The minimum Gasteiger partial charge on any atom is -0.344 e. The van der Waals surface area contributed by atoms with Crippen LogP contribution in [0, 0.1) is 0 Å². The van der Waals surface area contributed by atoms with Gasteiger partial charge in [-0.15, -0.1) is 0 Å². The molecule has 0 aromatic carbocycles. The quantitative estimate of drug-likeness (QED) is 0.785. The Bertz CT molecular complexity index is 483. The van der Waals surface area contributed by atoms with Crippen LogP contribution in [0.4, 0.5) is 0 Å². The van der Waals surface area contributed by atoms with E-state index in [1.165, 1.54) is 0 Å². The summed E-state index contributed by atoms with van der Waals surface area (Å²) in [5, 5.41) is 4.10. The van der Waals surface area contributed by atoms with Crippen molar-refractivity contribution in [2.24, 2.45) is 7.05 Å². The number of likely N-dealkylation sites (tertiary alicyclic amines) is 1. The van der Waals surface area contributed by atoms with Gasteiger partial charge in [-0.1, -0.05) is 0 Å². The van der Waals surface area contributed by atoms with Crippen LogP contribution in [-0.4, -0.2) is 58.1 Å². The molecular weight excluding hydrogens is 256 g/mol. The molecule has 110 valence electrons. The molecule has 1 aliphatic rings. The molecule has 1 aliphatic heterocycles. The van der Waals surface area contributed by atoms with Crippen molar-refractivity contribution in [3.8, 4) is 0 Å². The highest BCUT2D eigenvalue weighted by atomic mass is 16.2. The minimum atomic E-state index is 0.00383. The Hall–Kier alpha value is -1.85. The summed E-state index contributed by atoms with van der Waals surface area (Å²) >= 11 is 0. The maximum Gasteiger partial charge on any atom is 0.241 e. The Morgan fingerprint density at radius 2 is 2.25 bits per heavy atom. The average Bonchev–Trinajstić information content (AvgIpc) is 2.84. The van der Waals surface area contributed by atoms with E-state index in [1.807, 2.05) is 19.4 Å². The summed E-state index contributed by atoms with van der Waals surface area (Å²) in [4.78, 5) is 27.1. The van der Waals surface area contributed by atoms with E-state index in [0.29, 0.717) is 19.5 Å². The molecule has 0 atom stereocenters. The van der Waals surface area contributed by atoms with Crippen molar-refractivity contribution in [3.05, 3.63) is 18.0 Å². The largest absolute Gasteiger partial charge is 0.344 e. The van der Waals surface area contributed by atoms with Crippen molar-refractivity contribution in [1.29, 1.82) is 0 Å². The summed E-state index contributed by atoms with van der Waals surface area (Å²) in [6, 6.07) is 0. The molecule has 0 N–H and O–H groups in total. The number of likely N-dealkylation sites (N-methyl/N-ethyl adjacent to an activating group) is 1. The van der Waals surface area contributed by atoms with Crippen molar-refractivity contribution in [1.82, 2.24) is 19.6 Å². The first-order chi connectivity index (χ1) is 9.56. The number of hydrogen-bond acceptors (Lipinski definition) is 3. The van der Waals surface area contributed by atoms with E-state index < -0.39 is 0 Å². The van der Waals surface area contributed by atoms with Gasteiger partial charge in [0.1, 0.15) is 0 Å². The van der Waals surface area contributed by atoms with Crippen LogP contribution in [-0.2, 0) is 23.1 Å². The maximum atomic E-state index is 12.1. The van der Waals surface area contributed by atoms with Crippen LogP contribution in [0.15, 0.2) is 12.4 Å². The molecular formula is C14H22N4O2. The number of piperidine rings is 1. The normalized spacial score (nSPS) is 15.5. The Balaban J connectivity index is 1.78. The van der Waals surface area contributed by atoms with Gasteiger partial charge in [0.05, 0.1) is 12.7 Å².